The van der Waals surface area contributed by atoms with Crippen molar-refractivity contribution in [2.45, 2.75) is 25.3 Å². The summed E-state index contributed by atoms with van der Waals surface area (Å²) in [6, 6.07) is 0. The summed E-state index contributed by atoms with van der Waals surface area (Å²) in [6.45, 7) is 3.68. The van der Waals surface area contributed by atoms with Gasteiger partial charge in [-0.05, 0) is 13.3 Å². The van der Waals surface area contributed by atoms with Crippen molar-refractivity contribution in [3.63, 3.8) is 0 Å². The van der Waals surface area contributed by atoms with Gasteiger partial charge in [0.2, 0.25) is 8.03 Å². The molecule has 12 heavy (non-hydrogen) atoms. The third kappa shape index (κ3) is 3.70. The maximum Gasteiger partial charge on any atom is 0.209 e. The summed E-state index contributed by atoms with van der Waals surface area (Å²) >= 11 is 0. The van der Waals surface area contributed by atoms with Crippen LogP contribution in [0.1, 0.15) is 20.3 Å². The normalized spacial score (nSPS) is 17.2. The van der Waals surface area contributed by atoms with Crippen molar-refractivity contribution in [2.75, 3.05) is 12.9 Å². The van der Waals surface area contributed by atoms with Crippen LogP contribution < -0.4 is 0 Å². The van der Waals surface area contributed by atoms with E-state index in [2.05, 4.69) is 0 Å². The van der Waals surface area contributed by atoms with E-state index in [1.807, 2.05) is 0 Å². The SMILES string of the molecule is CCO[PH](=O)C(CC)S(C)(=O)=O. The topological polar surface area (TPSA) is 60.4 Å². The molecule has 0 heterocycles. The lowest BCUT2D eigenvalue weighted by Crippen LogP contribution is -2.15. The Balaban J connectivity index is 4.47. The molecule has 0 amide bonds. The van der Waals surface area contributed by atoms with E-state index in [0.29, 0.717) is 13.0 Å². The van der Waals surface area contributed by atoms with E-state index < -0.39 is 22.9 Å². The van der Waals surface area contributed by atoms with Crippen molar-refractivity contribution in [2.24, 2.45) is 0 Å². The highest BCUT2D eigenvalue weighted by molar-refractivity contribution is 7.96. The van der Waals surface area contributed by atoms with Crippen molar-refractivity contribution in [3.8, 4) is 0 Å². The van der Waals surface area contributed by atoms with E-state index in [4.69, 9.17) is 4.52 Å². The molecule has 0 bridgehead atoms. The van der Waals surface area contributed by atoms with Crippen LogP contribution in [0.5, 0.6) is 0 Å². The summed E-state index contributed by atoms with van der Waals surface area (Å²) in [7, 11) is -5.65. The van der Waals surface area contributed by atoms with E-state index in [-0.39, 0.29) is 0 Å². The quantitative estimate of drug-likeness (QED) is 0.647. The fourth-order valence-electron chi connectivity index (χ4n) is 0.879. The summed E-state index contributed by atoms with van der Waals surface area (Å²) in [5.74, 6) is 0. The van der Waals surface area contributed by atoms with Crippen LogP contribution in [0.25, 0.3) is 0 Å². The summed E-state index contributed by atoms with van der Waals surface area (Å²) < 4.78 is 38.0. The van der Waals surface area contributed by atoms with Crippen LogP contribution in [0.2, 0.25) is 0 Å². The lowest BCUT2D eigenvalue weighted by atomic mass is 10.6. The van der Waals surface area contributed by atoms with Crippen molar-refractivity contribution < 1.29 is 17.5 Å². The van der Waals surface area contributed by atoms with Gasteiger partial charge in [-0.2, -0.15) is 0 Å². The maximum atomic E-state index is 11.2. The van der Waals surface area contributed by atoms with Crippen LogP contribution in [0, 0.1) is 0 Å². The monoisotopic (exact) mass is 214 g/mol. The minimum atomic E-state index is -3.23. The van der Waals surface area contributed by atoms with Crippen LogP contribution in [0.4, 0.5) is 0 Å². The van der Waals surface area contributed by atoms with Crippen LogP contribution in [0.15, 0.2) is 0 Å². The average Bonchev–Trinajstić information content (AvgIpc) is 1.85. The largest absolute Gasteiger partial charge is 0.330 e. The molecule has 0 aromatic rings. The Morgan fingerprint density at radius 1 is 1.42 bits per heavy atom. The van der Waals surface area contributed by atoms with Gasteiger partial charge in [-0.3, -0.25) is 4.57 Å². The second-order valence-corrected chi connectivity index (χ2v) is 6.75. The molecule has 0 aliphatic rings. The first-order valence-electron chi connectivity index (χ1n) is 3.79. The highest BCUT2D eigenvalue weighted by Gasteiger charge is 2.25. The van der Waals surface area contributed by atoms with Crippen molar-refractivity contribution in [3.05, 3.63) is 0 Å². The molecule has 2 unspecified atom stereocenters. The Hall–Kier alpha value is 0.140. The lowest BCUT2D eigenvalue weighted by Gasteiger charge is -2.11. The summed E-state index contributed by atoms with van der Waals surface area (Å²) in [6.07, 6.45) is 1.43. The maximum absolute atomic E-state index is 11.2. The first kappa shape index (κ1) is 12.1. The van der Waals surface area contributed by atoms with E-state index in [9.17, 15) is 13.0 Å². The van der Waals surface area contributed by atoms with Gasteiger partial charge < -0.3 is 4.52 Å². The molecule has 0 aromatic heterocycles. The second kappa shape index (κ2) is 5.00. The van der Waals surface area contributed by atoms with Gasteiger partial charge in [0, 0.05) is 6.26 Å². The van der Waals surface area contributed by atoms with Crippen LogP contribution >= 0.6 is 8.03 Å². The standard InChI is InChI=1S/C6H15O4PS/c1-4-6(12(3,8)9)11(7)10-5-2/h6,11H,4-5H2,1-3H3. The van der Waals surface area contributed by atoms with Crippen molar-refractivity contribution in [1.82, 2.24) is 0 Å². The molecule has 0 rings (SSSR count). The van der Waals surface area contributed by atoms with E-state index in [1.165, 1.54) is 0 Å². The minimum Gasteiger partial charge on any atom is -0.330 e. The van der Waals surface area contributed by atoms with Crippen LogP contribution in [-0.2, 0) is 18.9 Å². The van der Waals surface area contributed by atoms with Gasteiger partial charge in [0.1, 0.15) is 4.99 Å². The molecular formula is C6H15O4PS. The predicted molar refractivity (Wildman–Crippen MR) is 49.6 cm³/mol. The molecule has 0 saturated carbocycles. The number of hydrogen-bond acceptors (Lipinski definition) is 4. The molecule has 0 N–H and O–H groups in total. The van der Waals surface area contributed by atoms with Gasteiger partial charge in [-0.15, -0.1) is 0 Å². The Bertz CT molecular complexity index is 246. The molecule has 0 aliphatic heterocycles. The smallest absolute Gasteiger partial charge is 0.209 e. The Labute approximate surface area is 74.1 Å². The molecule has 0 fully saturated rings. The molecule has 0 aliphatic carbocycles. The van der Waals surface area contributed by atoms with Gasteiger partial charge >= 0.3 is 0 Å². The molecule has 0 radical (unpaired) electrons. The highest BCUT2D eigenvalue weighted by atomic mass is 32.2. The van der Waals surface area contributed by atoms with Crippen molar-refractivity contribution in [1.29, 1.82) is 0 Å². The van der Waals surface area contributed by atoms with E-state index >= 15 is 0 Å². The molecule has 2 atom stereocenters. The Morgan fingerprint density at radius 2 is 1.92 bits per heavy atom. The number of hydrogen-bond donors (Lipinski definition) is 0. The molecule has 0 saturated heterocycles. The number of sulfone groups is 1. The second-order valence-electron chi connectivity index (χ2n) is 2.48. The molecular weight excluding hydrogens is 199 g/mol. The summed E-state index contributed by atoms with van der Waals surface area (Å²) in [5, 5.41) is 0. The molecule has 6 heteroatoms. The molecule has 0 spiro atoms. The summed E-state index contributed by atoms with van der Waals surface area (Å²) in [4.78, 5) is -0.817. The van der Waals surface area contributed by atoms with Gasteiger partial charge in [0.25, 0.3) is 0 Å². The molecule has 74 valence electrons. The van der Waals surface area contributed by atoms with E-state index in [0.717, 1.165) is 6.26 Å². The van der Waals surface area contributed by atoms with Crippen molar-refractivity contribution >= 4 is 17.9 Å². The van der Waals surface area contributed by atoms with Gasteiger partial charge in [-0.1, -0.05) is 6.92 Å². The molecule has 0 aromatic carbocycles. The van der Waals surface area contributed by atoms with E-state index in [1.54, 1.807) is 13.8 Å². The Morgan fingerprint density at radius 3 is 2.17 bits per heavy atom. The van der Waals surface area contributed by atoms with Crippen LogP contribution in [-0.4, -0.2) is 26.3 Å². The fourth-order valence-corrected chi connectivity index (χ4v) is 3.89. The number of rotatable bonds is 5. The average molecular weight is 214 g/mol. The summed E-state index contributed by atoms with van der Waals surface area (Å²) in [5.41, 5.74) is 0. The van der Waals surface area contributed by atoms with Gasteiger partial charge in [0.15, 0.2) is 9.84 Å². The first-order valence-corrected chi connectivity index (χ1v) is 7.13. The first-order chi connectivity index (χ1) is 5.43. The highest BCUT2D eigenvalue weighted by Crippen LogP contribution is 2.34. The zero-order valence-corrected chi connectivity index (χ0v) is 9.35. The zero-order chi connectivity index (χ0) is 9.78. The predicted octanol–water partition coefficient (Wildman–Crippen LogP) is 1.28. The van der Waals surface area contributed by atoms with Gasteiger partial charge in [-0.25, -0.2) is 8.42 Å². The molecule has 4 nitrogen and oxygen atoms in total. The zero-order valence-electron chi connectivity index (χ0n) is 7.53. The third-order valence-electron chi connectivity index (χ3n) is 1.44. The Kier molecular flexibility index (Phi) is 5.06. The fraction of sp³-hybridized carbons (Fsp3) is 1.00. The van der Waals surface area contributed by atoms with Crippen LogP contribution in [0.3, 0.4) is 0 Å². The lowest BCUT2D eigenvalue weighted by molar-refractivity contribution is 0.347. The minimum absolute atomic E-state index is 0.295. The van der Waals surface area contributed by atoms with Gasteiger partial charge in [0.05, 0.1) is 6.61 Å². The third-order valence-corrected chi connectivity index (χ3v) is 6.17.